The Morgan fingerprint density at radius 3 is 2.81 bits per heavy atom. The molecule has 0 radical (unpaired) electrons. The number of hydrogen-bond acceptors (Lipinski definition) is 5. The Labute approximate surface area is 96.3 Å². The molecule has 5 heteroatoms. The predicted molar refractivity (Wildman–Crippen MR) is 64.2 cm³/mol. The Hall–Kier alpha value is -1.20. The van der Waals surface area contributed by atoms with E-state index in [1.54, 1.807) is 12.4 Å². The first-order valence-electron chi connectivity index (χ1n) is 5.67. The summed E-state index contributed by atoms with van der Waals surface area (Å²) in [5, 5.41) is 0. The molecule has 0 aromatic carbocycles. The summed E-state index contributed by atoms with van der Waals surface area (Å²) >= 11 is 0. The maximum Gasteiger partial charge on any atom is 0.151 e. The van der Waals surface area contributed by atoms with Crippen LogP contribution in [-0.4, -0.2) is 47.6 Å². The van der Waals surface area contributed by atoms with Gasteiger partial charge in [0.1, 0.15) is 0 Å². The standard InChI is InChI=1S/C11H19N5/c1-9-8-16(6-5-15(9)2)11-10(7-12)13-3-4-14-11/h3-4,9H,5-8,12H2,1-2H3. The Morgan fingerprint density at radius 2 is 2.12 bits per heavy atom. The van der Waals surface area contributed by atoms with Gasteiger partial charge in [0.25, 0.3) is 0 Å². The molecule has 1 atom stereocenters. The molecular weight excluding hydrogens is 202 g/mol. The van der Waals surface area contributed by atoms with Gasteiger partial charge in [0, 0.05) is 44.6 Å². The van der Waals surface area contributed by atoms with Gasteiger partial charge in [0.05, 0.1) is 5.69 Å². The molecule has 1 aromatic rings. The third-order valence-electron chi connectivity index (χ3n) is 3.20. The molecule has 2 heterocycles. The van der Waals surface area contributed by atoms with Crippen LogP contribution in [0.3, 0.4) is 0 Å². The Kier molecular flexibility index (Phi) is 3.36. The van der Waals surface area contributed by atoms with Gasteiger partial charge in [-0.2, -0.15) is 0 Å². The van der Waals surface area contributed by atoms with Crippen molar-refractivity contribution < 1.29 is 0 Å². The minimum Gasteiger partial charge on any atom is -0.352 e. The van der Waals surface area contributed by atoms with Crippen LogP contribution in [0, 0.1) is 0 Å². The van der Waals surface area contributed by atoms with Crippen LogP contribution in [0.5, 0.6) is 0 Å². The molecule has 5 nitrogen and oxygen atoms in total. The van der Waals surface area contributed by atoms with Crippen molar-refractivity contribution in [3.05, 3.63) is 18.1 Å². The fourth-order valence-corrected chi connectivity index (χ4v) is 2.01. The zero-order valence-electron chi connectivity index (χ0n) is 9.93. The van der Waals surface area contributed by atoms with Gasteiger partial charge in [-0.1, -0.05) is 0 Å². The topological polar surface area (TPSA) is 58.3 Å². The van der Waals surface area contributed by atoms with Gasteiger partial charge in [-0.25, -0.2) is 4.98 Å². The zero-order chi connectivity index (χ0) is 11.5. The number of anilines is 1. The van der Waals surface area contributed by atoms with E-state index in [4.69, 9.17) is 5.73 Å². The second-order valence-corrected chi connectivity index (χ2v) is 4.31. The summed E-state index contributed by atoms with van der Waals surface area (Å²) < 4.78 is 0. The normalized spacial score (nSPS) is 22.4. The maximum absolute atomic E-state index is 5.68. The molecule has 0 bridgehead atoms. The lowest BCUT2D eigenvalue weighted by Crippen LogP contribution is -2.50. The van der Waals surface area contributed by atoms with Crippen molar-refractivity contribution in [1.82, 2.24) is 14.9 Å². The third-order valence-corrected chi connectivity index (χ3v) is 3.20. The fraction of sp³-hybridized carbons (Fsp3) is 0.636. The molecule has 0 amide bonds. The summed E-state index contributed by atoms with van der Waals surface area (Å²) in [7, 11) is 2.16. The Balaban J connectivity index is 2.18. The molecule has 1 aliphatic rings. The second kappa shape index (κ2) is 4.76. The molecule has 1 aromatic heterocycles. The van der Waals surface area contributed by atoms with E-state index in [0.717, 1.165) is 31.1 Å². The average molecular weight is 221 g/mol. The Bertz CT molecular complexity index is 354. The lowest BCUT2D eigenvalue weighted by atomic mass is 10.2. The van der Waals surface area contributed by atoms with Gasteiger partial charge in [-0.15, -0.1) is 0 Å². The molecule has 2 rings (SSSR count). The molecule has 88 valence electrons. The number of piperazine rings is 1. The van der Waals surface area contributed by atoms with E-state index >= 15 is 0 Å². The minimum absolute atomic E-state index is 0.448. The highest BCUT2D eigenvalue weighted by Crippen LogP contribution is 2.18. The molecular formula is C11H19N5. The van der Waals surface area contributed by atoms with Gasteiger partial charge < -0.3 is 15.5 Å². The smallest absolute Gasteiger partial charge is 0.151 e. The van der Waals surface area contributed by atoms with Gasteiger partial charge in [-0.05, 0) is 14.0 Å². The van der Waals surface area contributed by atoms with E-state index in [-0.39, 0.29) is 0 Å². The van der Waals surface area contributed by atoms with E-state index in [1.807, 2.05) is 0 Å². The van der Waals surface area contributed by atoms with E-state index in [9.17, 15) is 0 Å². The highest BCUT2D eigenvalue weighted by Gasteiger charge is 2.23. The summed E-state index contributed by atoms with van der Waals surface area (Å²) in [4.78, 5) is 13.3. The lowest BCUT2D eigenvalue weighted by molar-refractivity contribution is 0.233. The van der Waals surface area contributed by atoms with Crippen molar-refractivity contribution in [2.75, 3.05) is 31.6 Å². The summed E-state index contributed by atoms with van der Waals surface area (Å²) in [6.45, 7) is 5.71. The molecule has 16 heavy (non-hydrogen) atoms. The first kappa shape index (κ1) is 11.3. The first-order chi connectivity index (χ1) is 7.72. The third kappa shape index (κ3) is 2.15. The number of nitrogens with two attached hydrogens (primary N) is 1. The van der Waals surface area contributed by atoms with Crippen molar-refractivity contribution in [3.63, 3.8) is 0 Å². The van der Waals surface area contributed by atoms with Crippen LogP contribution >= 0.6 is 0 Å². The van der Waals surface area contributed by atoms with Crippen molar-refractivity contribution >= 4 is 5.82 Å². The number of aromatic nitrogens is 2. The summed E-state index contributed by atoms with van der Waals surface area (Å²) in [6, 6.07) is 0.543. The number of nitrogens with zero attached hydrogens (tertiary/aromatic N) is 4. The first-order valence-corrected chi connectivity index (χ1v) is 5.67. The van der Waals surface area contributed by atoms with Crippen LogP contribution < -0.4 is 10.6 Å². The summed E-state index contributed by atoms with van der Waals surface area (Å²) in [5.74, 6) is 0.949. The predicted octanol–water partition coefficient (Wildman–Crippen LogP) is 0.0756. The average Bonchev–Trinajstić information content (AvgIpc) is 2.32. The molecule has 2 N–H and O–H groups in total. The van der Waals surface area contributed by atoms with Gasteiger partial charge >= 0.3 is 0 Å². The SMILES string of the molecule is CC1CN(c2nccnc2CN)CCN1C. The van der Waals surface area contributed by atoms with Crippen LogP contribution in [0.4, 0.5) is 5.82 Å². The van der Waals surface area contributed by atoms with Crippen molar-refractivity contribution in [2.24, 2.45) is 5.73 Å². The van der Waals surface area contributed by atoms with Crippen molar-refractivity contribution in [2.45, 2.75) is 19.5 Å². The van der Waals surface area contributed by atoms with Crippen molar-refractivity contribution in [3.8, 4) is 0 Å². The second-order valence-electron chi connectivity index (χ2n) is 4.31. The Morgan fingerprint density at radius 1 is 1.38 bits per heavy atom. The fourth-order valence-electron chi connectivity index (χ4n) is 2.01. The van der Waals surface area contributed by atoms with Crippen LogP contribution in [0.15, 0.2) is 12.4 Å². The van der Waals surface area contributed by atoms with Gasteiger partial charge in [0.2, 0.25) is 0 Å². The molecule has 1 aliphatic heterocycles. The van der Waals surface area contributed by atoms with Crippen LogP contribution in [0.25, 0.3) is 0 Å². The van der Waals surface area contributed by atoms with Crippen LogP contribution in [0.2, 0.25) is 0 Å². The van der Waals surface area contributed by atoms with E-state index in [1.165, 1.54) is 0 Å². The van der Waals surface area contributed by atoms with Gasteiger partial charge in [0.15, 0.2) is 5.82 Å². The van der Waals surface area contributed by atoms with E-state index in [0.29, 0.717) is 12.6 Å². The summed E-state index contributed by atoms with van der Waals surface area (Å²) in [5.41, 5.74) is 6.57. The molecule has 0 aliphatic carbocycles. The monoisotopic (exact) mass is 221 g/mol. The minimum atomic E-state index is 0.448. The highest BCUT2D eigenvalue weighted by atomic mass is 15.3. The number of rotatable bonds is 2. The van der Waals surface area contributed by atoms with Gasteiger partial charge in [-0.3, -0.25) is 4.98 Å². The molecule has 1 saturated heterocycles. The quantitative estimate of drug-likeness (QED) is 0.766. The van der Waals surface area contributed by atoms with Crippen LogP contribution in [0.1, 0.15) is 12.6 Å². The summed E-state index contributed by atoms with van der Waals surface area (Å²) in [6.07, 6.45) is 3.43. The largest absolute Gasteiger partial charge is 0.352 e. The molecule has 1 unspecified atom stereocenters. The molecule has 0 saturated carbocycles. The lowest BCUT2D eigenvalue weighted by Gasteiger charge is -2.38. The molecule has 0 spiro atoms. The van der Waals surface area contributed by atoms with E-state index in [2.05, 4.69) is 33.7 Å². The number of hydrogen-bond donors (Lipinski definition) is 1. The van der Waals surface area contributed by atoms with E-state index < -0.39 is 0 Å². The van der Waals surface area contributed by atoms with Crippen LogP contribution in [-0.2, 0) is 6.54 Å². The van der Waals surface area contributed by atoms with Crippen molar-refractivity contribution in [1.29, 1.82) is 0 Å². The highest BCUT2D eigenvalue weighted by molar-refractivity contribution is 5.43. The maximum atomic E-state index is 5.68. The molecule has 1 fully saturated rings. The zero-order valence-corrected chi connectivity index (χ0v) is 9.93. The number of likely N-dealkylation sites (N-methyl/N-ethyl adjacent to an activating group) is 1.